The summed E-state index contributed by atoms with van der Waals surface area (Å²) in [6, 6.07) is 17.4. The number of primary amides is 2. The lowest BCUT2D eigenvalue weighted by atomic mass is 9.94. The number of benzene rings is 2. The van der Waals surface area contributed by atoms with Gasteiger partial charge in [-0.2, -0.15) is 0 Å². The van der Waals surface area contributed by atoms with Crippen molar-refractivity contribution in [3.05, 3.63) is 82.9 Å². The molecule has 146 valence electrons. The van der Waals surface area contributed by atoms with E-state index in [0.717, 1.165) is 11.1 Å². The van der Waals surface area contributed by atoms with E-state index in [0.29, 0.717) is 24.0 Å². The quantitative estimate of drug-likeness (QED) is 0.492. The lowest BCUT2D eigenvalue weighted by molar-refractivity contribution is -0.115. The summed E-state index contributed by atoms with van der Waals surface area (Å²) in [6.07, 6.45) is 4.10. The van der Waals surface area contributed by atoms with Crippen LogP contribution >= 0.6 is 0 Å². The molecule has 28 heavy (non-hydrogen) atoms. The second-order valence-electron chi connectivity index (χ2n) is 6.54. The highest BCUT2D eigenvalue weighted by Crippen LogP contribution is 2.17. The van der Waals surface area contributed by atoms with Crippen LogP contribution in [0.5, 0.6) is 0 Å². The van der Waals surface area contributed by atoms with Gasteiger partial charge < -0.3 is 22.9 Å². The molecule has 0 bridgehead atoms. The van der Waals surface area contributed by atoms with Crippen molar-refractivity contribution in [2.45, 2.75) is 24.9 Å². The van der Waals surface area contributed by atoms with Crippen LogP contribution in [0.15, 0.2) is 71.8 Å². The summed E-state index contributed by atoms with van der Waals surface area (Å²) in [6.45, 7) is 0. The fourth-order valence-corrected chi connectivity index (χ4v) is 2.85. The number of carbonyl (C=O) groups is 2. The Balaban J connectivity index is 2.11. The predicted molar refractivity (Wildman–Crippen MR) is 112 cm³/mol. The Labute approximate surface area is 164 Å². The number of amides is 2. The molecule has 8 N–H and O–H groups in total. The Morgan fingerprint density at radius 1 is 0.679 bits per heavy atom. The predicted octanol–water partition coefficient (Wildman–Crippen LogP) is 1.56. The van der Waals surface area contributed by atoms with Crippen molar-refractivity contribution >= 4 is 24.0 Å². The normalized spacial score (nSPS) is 14.4. The highest BCUT2D eigenvalue weighted by atomic mass is 16.1. The lowest BCUT2D eigenvalue weighted by Gasteiger charge is -2.18. The van der Waals surface area contributed by atoms with E-state index in [-0.39, 0.29) is 0 Å². The van der Waals surface area contributed by atoms with Crippen molar-refractivity contribution in [1.29, 1.82) is 0 Å². The maximum absolute atomic E-state index is 11.8. The summed E-state index contributed by atoms with van der Waals surface area (Å²) in [4.78, 5) is 23.7. The van der Waals surface area contributed by atoms with Gasteiger partial charge in [0.25, 0.3) is 0 Å². The van der Waals surface area contributed by atoms with E-state index in [2.05, 4.69) is 0 Å². The molecular formula is C22H26N4O2. The third-order valence-corrected chi connectivity index (χ3v) is 4.40. The van der Waals surface area contributed by atoms with Crippen molar-refractivity contribution in [2.24, 2.45) is 22.9 Å². The maximum atomic E-state index is 11.8. The van der Waals surface area contributed by atoms with Gasteiger partial charge in [0, 0.05) is 23.2 Å². The molecule has 0 aliphatic heterocycles. The largest absolute Gasteiger partial charge is 0.366 e. The van der Waals surface area contributed by atoms with Gasteiger partial charge in [-0.3, -0.25) is 9.59 Å². The van der Waals surface area contributed by atoms with Crippen LogP contribution in [-0.4, -0.2) is 23.9 Å². The van der Waals surface area contributed by atoms with Crippen LogP contribution in [-0.2, 0) is 9.59 Å². The molecule has 6 nitrogen and oxygen atoms in total. The van der Waals surface area contributed by atoms with Crippen molar-refractivity contribution in [3.8, 4) is 0 Å². The molecule has 0 saturated carbocycles. The van der Waals surface area contributed by atoms with Gasteiger partial charge in [0.2, 0.25) is 11.8 Å². The average molecular weight is 378 g/mol. The van der Waals surface area contributed by atoms with E-state index in [9.17, 15) is 9.59 Å². The standard InChI is InChI=1S/C22H26N4O2/c23-19(17(21(25)27)13-15-7-3-1-4-8-15)11-12-20(24)18(22(26)28)14-16-9-5-2-6-10-16/h1-10,13-14,19-20H,11-12,23-24H2,(H2,25,27)(H2,26,28). The second kappa shape index (κ2) is 10.2. The van der Waals surface area contributed by atoms with Crippen LogP contribution in [0.4, 0.5) is 0 Å². The summed E-state index contributed by atoms with van der Waals surface area (Å²) < 4.78 is 0. The van der Waals surface area contributed by atoms with Gasteiger partial charge in [-0.15, -0.1) is 0 Å². The molecule has 0 spiro atoms. The van der Waals surface area contributed by atoms with Crippen LogP contribution in [0.25, 0.3) is 12.2 Å². The summed E-state index contributed by atoms with van der Waals surface area (Å²) in [5.74, 6) is -1.17. The molecule has 2 amide bonds. The van der Waals surface area contributed by atoms with Crippen molar-refractivity contribution in [2.75, 3.05) is 0 Å². The van der Waals surface area contributed by atoms with Gasteiger partial charge in [0.1, 0.15) is 0 Å². The summed E-state index contributed by atoms with van der Waals surface area (Å²) in [7, 11) is 0. The first kappa shape index (κ1) is 21.1. The van der Waals surface area contributed by atoms with E-state index in [1.54, 1.807) is 12.2 Å². The average Bonchev–Trinajstić information content (AvgIpc) is 2.69. The van der Waals surface area contributed by atoms with E-state index in [1.807, 2.05) is 60.7 Å². The molecule has 0 aromatic heterocycles. The molecule has 2 unspecified atom stereocenters. The molecule has 6 heteroatoms. The molecule has 2 aromatic carbocycles. The topological polar surface area (TPSA) is 138 Å². The minimum atomic E-state index is -0.602. The number of rotatable bonds is 9. The number of hydrogen-bond donors (Lipinski definition) is 4. The molecule has 2 atom stereocenters. The van der Waals surface area contributed by atoms with Gasteiger partial charge in [-0.1, -0.05) is 60.7 Å². The van der Waals surface area contributed by atoms with Crippen LogP contribution < -0.4 is 22.9 Å². The number of hydrogen-bond acceptors (Lipinski definition) is 4. The lowest BCUT2D eigenvalue weighted by Crippen LogP contribution is -2.35. The van der Waals surface area contributed by atoms with Gasteiger partial charge in [-0.25, -0.2) is 0 Å². The Morgan fingerprint density at radius 3 is 1.29 bits per heavy atom. The van der Waals surface area contributed by atoms with E-state index in [4.69, 9.17) is 22.9 Å². The fraction of sp³-hybridized carbons (Fsp3) is 0.182. The Morgan fingerprint density at radius 2 is 1.00 bits per heavy atom. The van der Waals surface area contributed by atoms with Gasteiger partial charge >= 0.3 is 0 Å². The first-order chi connectivity index (χ1) is 13.4. The summed E-state index contributed by atoms with van der Waals surface area (Å²) in [5, 5.41) is 0. The Bertz CT molecular complexity index is 787. The zero-order chi connectivity index (χ0) is 20.5. The highest BCUT2D eigenvalue weighted by molar-refractivity contribution is 5.98. The molecule has 2 aromatic rings. The zero-order valence-corrected chi connectivity index (χ0v) is 15.6. The van der Waals surface area contributed by atoms with Gasteiger partial charge in [0.15, 0.2) is 0 Å². The summed E-state index contributed by atoms with van der Waals surface area (Å²) >= 11 is 0. The van der Waals surface area contributed by atoms with Crippen molar-refractivity contribution in [3.63, 3.8) is 0 Å². The molecule has 0 saturated heterocycles. The molecule has 2 rings (SSSR count). The molecule has 0 radical (unpaired) electrons. The smallest absolute Gasteiger partial charge is 0.246 e. The summed E-state index contributed by atoms with van der Waals surface area (Å²) in [5.41, 5.74) is 25.6. The third kappa shape index (κ3) is 6.19. The SMILES string of the molecule is NC(=O)C(=Cc1ccccc1)C(N)CCC(N)C(=Cc1ccccc1)C(N)=O. The first-order valence-corrected chi connectivity index (χ1v) is 9.02. The van der Waals surface area contributed by atoms with E-state index >= 15 is 0 Å². The maximum Gasteiger partial charge on any atom is 0.246 e. The van der Waals surface area contributed by atoms with Gasteiger partial charge in [0.05, 0.1) is 0 Å². The van der Waals surface area contributed by atoms with Crippen molar-refractivity contribution in [1.82, 2.24) is 0 Å². The Hall–Kier alpha value is -3.22. The molecule has 0 aliphatic carbocycles. The van der Waals surface area contributed by atoms with Crippen LogP contribution in [0, 0.1) is 0 Å². The number of carbonyl (C=O) groups excluding carboxylic acids is 2. The fourth-order valence-electron chi connectivity index (χ4n) is 2.85. The monoisotopic (exact) mass is 378 g/mol. The minimum Gasteiger partial charge on any atom is -0.366 e. The molecule has 0 fully saturated rings. The second-order valence-corrected chi connectivity index (χ2v) is 6.54. The minimum absolute atomic E-state index is 0.311. The van der Waals surface area contributed by atoms with Crippen LogP contribution in [0.2, 0.25) is 0 Å². The van der Waals surface area contributed by atoms with Crippen molar-refractivity contribution < 1.29 is 9.59 Å². The van der Waals surface area contributed by atoms with Crippen LogP contribution in [0.3, 0.4) is 0 Å². The van der Waals surface area contributed by atoms with E-state index < -0.39 is 23.9 Å². The first-order valence-electron chi connectivity index (χ1n) is 9.02. The molecule has 0 aliphatic rings. The Kier molecular flexibility index (Phi) is 7.68. The third-order valence-electron chi connectivity index (χ3n) is 4.40. The molecular weight excluding hydrogens is 352 g/mol. The van der Waals surface area contributed by atoms with E-state index in [1.165, 1.54) is 0 Å². The molecule has 0 heterocycles. The number of nitrogens with two attached hydrogens (primary N) is 4. The highest BCUT2D eigenvalue weighted by Gasteiger charge is 2.20. The zero-order valence-electron chi connectivity index (χ0n) is 15.6. The van der Waals surface area contributed by atoms with Crippen LogP contribution in [0.1, 0.15) is 24.0 Å². The van der Waals surface area contributed by atoms with Gasteiger partial charge in [-0.05, 0) is 36.1 Å².